The average Bonchev–Trinajstić information content (AvgIpc) is 1.83. The first-order valence-electron chi connectivity index (χ1n) is 33.0. The number of fused-ring (bicyclic) bond motifs is 3. The number of hydrogen-bond donors (Lipinski definition) is 4. The van der Waals surface area contributed by atoms with E-state index in [-0.39, 0.29) is 49.6 Å². The van der Waals surface area contributed by atoms with Gasteiger partial charge in [0.05, 0.1) is 97.5 Å². The predicted molar refractivity (Wildman–Crippen MR) is 363 cm³/mol. The van der Waals surface area contributed by atoms with Crippen molar-refractivity contribution < 1.29 is 47.9 Å². The van der Waals surface area contributed by atoms with E-state index < -0.39 is 30.5 Å². The Balaban J connectivity index is 0.514. The molecule has 0 radical (unpaired) electrons. The number of carbonyl (C=O) groups is 3. The maximum Gasteiger partial charge on any atom is 0.263 e. The van der Waals surface area contributed by atoms with Crippen molar-refractivity contribution in [3.63, 3.8) is 0 Å². The molecule has 1 aliphatic carbocycles. The Bertz CT molecular complexity index is 4370. The lowest BCUT2D eigenvalue weighted by atomic mass is 9.92. The zero-order valence-electron chi connectivity index (χ0n) is 53.3. The molecule has 4 aliphatic heterocycles. The number of benzene rings is 7. The number of amides is 3. The van der Waals surface area contributed by atoms with Crippen LogP contribution >= 0.6 is 0 Å². The van der Waals surface area contributed by atoms with Gasteiger partial charge in [-0.15, -0.1) is 0 Å². The van der Waals surface area contributed by atoms with Gasteiger partial charge in [-0.2, -0.15) is 15.3 Å². The minimum Gasteiger partial charge on any atom is -0.488 e. The highest BCUT2D eigenvalue weighted by Crippen LogP contribution is 2.39. The van der Waals surface area contributed by atoms with E-state index in [9.17, 15) is 19.5 Å². The minimum absolute atomic E-state index is 0.214. The van der Waals surface area contributed by atoms with Crippen LogP contribution in [0.3, 0.4) is 0 Å². The topological polar surface area (TPSA) is 226 Å². The van der Waals surface area contributed by atoms with Crippen LogP contribution in [0.4, 0.5) is 17.1 Å². The third-order valence-electron chi connectivity index (χ3n) is 18.4. The highest BCUT2D eigenvalue weighted by molar-refractivity contribution is 5.85. The molecular weight excluding hydrogens is 1230 g/mol. The first-order chi connectivity index (χ1) is 47.6. The van der Waals surface area contributed by atoms with E-state index in [1.807, 2.05) is 167 Å². The molecule has 7 atom stereocenters. The van der Waals surface area contributed by atoms with Crippen molar-refractivity contribution in [3.8, 4) is 45.8 Å². The molecule has 22 nitrogen and oxygen atoms in total. The molecule has 15 rings (SSSR count). The van der Waals surface area contributed by atoms with E-state index in [1.54, 1.807) is 23.3 Å². The van der Waals surface area contributed by atoms with E-state index in [0.29, 0.717) is 81.0 Å². The van der Waals surface area contributed by atoms with Gasteiger partial charge in [-0.1, -0.05) is 97.8 Å². The van der Waals surface area contributed by atoms with Crippen molar-refractivity contribution in [2.24, 2.45) is 0 Å². The van der Waals surface area contributed by atoms with E-state index >= 15 is 0 Å². The Kier molecular flexibility index (Phi) is 18.0. The summed E-state index contributed by atoms with van der Waals surface area (Å²) in [4.78, 5) is 47.7. The number of aromatic nitrogens is 6. The average molecular weight is 1300 g/mol. The van der Waals surface area contributed by atoms with Crippen LogP contribution in [-0.2, 0) is 45.4 Å². The third kappa shape index (κ3) is 14.0. The lowest BCUT2D eigenvalue weighted by Crippen LogP contribution is -2.56. The monoisotopic (exact) mass is 1300 g/mol. The lowest BCUT2D eigenvalue weighted by molar-refractivity contribution is -0.139. The van der Waals surface area contributed by atoms with Gasteiger partial charge < -0.3 is 64.2 Å². The molecule has 0 spiro atoms. The Morgan fingerprint density at radius 2 is 0.979 bits per heavy atom. The number of hydrogen-bond acceptors (Lipinski definition) is 16. The largest absolute Gasteiger partial charge is 0.488 e. The van der Waals surface area contributed by atoms with Gasteiger partial charge in [-0.05, 0) is 121 Å². The van der Waals surface area contributed by atoms with Crippen LogP contribution in [0.1, 0.15) is 59.6 Å². The van der Waals surface area contributed by atoms with Crippen molar-refractivity contribution >= 4 is 34.8 Å². The molecule has 3 aromatic heterocycles. The predicted octanol–water partition coefficient (Wildman–Crippen LogP) is 9.00. The zero-order chi connectivity index (χ0) is 65.6. The highest BCUT2D eigenvalue weighted by atomic mass is 16.5. The summed E-state index contributed by atoms with van der Waals surface area (Å²) in [5.41, 5.74) is 10.3. The van der Waals surface area contributed by atoms with Crippen molar-refractivity contribution in [2.45, 2.75) is 94.5 Å². The van der Waals surface area contributed by atoms with Crippen LogP contribution in [0.5, 0.6) is 28.7 Å². The Morgan fingerprint density at radius 3 is 1.51 bits per heavy atom. The van der Waals surface area contributed by atoms with Gasteiger partial charge in [-0.25, -0.2) is 14.0 Å². The molecule has 22 heteroatoms. The molecule has 7 heterocycles. The summed E-state index contributed by atoms with van der Waals surface area (Å²) >= 11 is 0. The molecule has 4 N–H and O–H groups in total. The summed E-state index contributed by atoms with van der Waals surface area (Å²) in [7, 11) is 0. The van der Waals surface area contributed by atoms with Crippen LogP contribution in [0.2, 0.25) is 0 Å². The van der Waals surface area contributed by atoms with Gasteiger partial charge in [0.1, 0.15) is 36.6 Å². The number of para-hydroxylation sites is 8. The van der Waals surface area contributed by atoms with Crippen LogP contribution in [0.15, 0.2) is 213 Å². The number of nitrogens with one attached hydrogen (secondary N) is 3. The summed E-state index contributed by atoms with van der Waals surface area (Å²) in [6.07, 6.45) is 11.3. The minimum atomic E-state index is -0.776. The number of nitrogens with zero attached hydrogens (tertiary/aromatic N) is 9. The summed E-state index contributed by atoms with van der Waals surface area (Å²) in [5.74, 6) is 2.39. The van der Waals surface area contributed by atoms with Crippen molar-refractivity contribution in [3.05, 3.63) is 241 Å². The van der Waals surface area contributed by atoms with E-state index in [1.165, 1.54) is 0 Å². The molecule has 2 fully saturated rings. The van der Waals surface area contributed by atoms with Crippen LogP contribution in [0, 0.1) is 0 Å². The van der Waals surface area contributed by atoms with E-state index in [2.05, 4.69) is 82.3 Å². The van der Waals surface area contributed by atoms with Crippen LogP contribution in [-0.4, -0.2) is 128 Å². The van der Waals surface area contributed by atoms with E-state index in [0.717, 1.165) is 81.2 Å². The Hall–Kier alpha value is -11.1. The fourth-order valence-corrected chi connectivity index (χ4v) is 13.2. The standard InChI is InChI=1S/C75H74N12O10/c88-63-16-5-1-12-58(63)80-74(90)70-46-83(61-14-3-7-18-65(61)96-70)42-52-26-32-57(33-27-52)87-44-54(39-79-87)72-59(49-94-72)81-75(91)71-47-84(62-15-4-8-19-66(62)97-71)41-51-24-30-56(31-25-51)86-43-53(38-78-86)48-93-68-21-10-9-20-67(68)92-37-35-76-73(89)69-45-82(60-13-2-6-17-64(60)95-69)40-50-22-28-55(29-23-50)85-36-11-34-77-85/h2-4,6-11,13-15,17-34,36,38-39,43-44,58-59,63,69-72,88H,1,5,12,16,35,37,40-42,45-49H2,(H,76,89)(H,80,90)(H,81,91)/t58-,59?,63-,69?,70?,71?,72?/m0/s1. The first-order valence-corrected chi connectivity index (χ1v) is 33.0. The summed E-state index contributed by atoms with van der Waals surface area (Å²) in [6.45, 7) is 3.84. The molecule has 0 bridgehead atoms. The molecule has 10 aromatic rings. The molecule has 494 valence electrons. The molecule has 7 aromatic carbocycles. The van der Waals surface area contributed by atoms with Gasteiger partial charge >= 0.3 is 0 Å². The number of carbonyl (C=O) groups excluding carboxylic acids is 3. The molecule has 97 heavy (non-hydrogen) atoms. The molecule has 5 aliphatic rings. The SMILES string of the molecule is O=C(NCCOc1ccccc1OCc1cnn(-c2ccc(CN3CC(C(=O)NC4COC4c4cnn(-c5ccc(CN6CC(C(=O)N[C@H]7CCCC[C@@H]7O)Oc7ccccc76)cc5)c4)Oc4ccccc43)cc2)c1)C1CN(Cc2ccc(-n3cccn3)cc2)c2ccccc2O1. The molecular formula is C75H74N12O10. The number of rotatable bonds is 22. The molecule has 1 saturated carbocycles. The maximum atomic E-state index is 14.1. The molecule has 5 unspecified atom stereocenters. The quantitative estimate of drug-likeness (QED) is 0.0464. The van der Waals surface area contributed by atoms with E-state index in [4.69, 9.17) is 28.4 Å². The van der Waals surface area contributed by atoms with Gasteiger partial charge in [0.25, 0.3) is 17.7 Å². The van der Waals surface area contributed by atoms with Crippen LogP contribution < -0.4 is 54.3 Å². The first kappa shape index (κ1) is 62.0. The normalized spacial score (nSPS) is 20.1. The van der Waals surface area contributed by atoms with Gasteiger partial charge in [-0.3, -0.25) is 14.4 Å². The van der Waals surface area contributed by atoms with Gasteiger partial charge in [0, 0.05) is 55.5 Å². The Labute approximate surface area is 560 Å². The summed E-state index contributed by atoms with van der Waals surface area (Å²) in [6, 6.07) is 56.7. The second-order valence-corrected chi connectivity index (χ2v) is 25.0. The third-order valence-corrected chi connectivity index (χ3v) is 18.4. The molecule has 1 saturated heterocycles. The number of ether oxygens (including phenoxy) is 6. The molecule has 3 amide bonds. The number of aliphatic hydroxyl groups excluding tert-OH is 1. The fourth-order valence-electron chi connectivity index (χ4n) is 13.2. The van der Waals surface area contributed by atoms with Crippen molar-refractivity contribution in [1.82, 2.24) is 45.3 Å². The van der Waals surface area contributed by atoms with Crippen molar-refractivity contribution in [2.75, 3.05) is 54.1 Å². The summed E-state index contributed by atoms with van der Waals surface area (Å²) in [5, 5.41) is 33.5. The van der Waals surface area contributed by atoms with Crippen LogP contribution in [0.25, 0.3) is 17.1 Å². The highest BCUT2D eigenvalue weighted by Gasteiger charge is 2.40. The zero-order valence-corrected chi connectivity index (χ0v) is 53.3. The second kappa shape index (κ2) is 28.1. The smallest absolute Gasteiger partial charge is 0.263 e. The second-order valence-electron chi connectivity index (χ2n) is 25.0. The maximum absolute atomic E-state index is 14.1. The lowest BCUT2D eigenvalue weighted by Gasteiger charge is -2.39. The Morgan fingerprint density at radius 1 is 0.495 bits per heavy atom. The number of aliphatic hydroxyl groups is 1. The summed E-state index contributed by atoms with van der Waals surface area (Å²) < 4.78 is 42.7. The fraction of sp³-hybridized carbons (Fsp3) is 0.280. The van der Waals surface area contributed by atoms with Crippen molar-refractivity contribution in [1.29, 1.82) is 0 Å². The van der Waals surface area contributed by atoms with Gasteiger partial charge in [0.2, 0.25) is 0 Å². The number of anilines is 3. The van der Waals surface area contributed by atoms with Gasteiger partial charge in [0.15, 0.2) is 29.8 Å².